The van der Waals surface area contributed by atoms with Crippen molar-refractivity contribution < 1.29 is 9.53 Å². The molecule has 0 bridgehead atoms. The van der Waals surface area contributed by atoms with Crippen LogP contribution in [0.15, 0.2) is 66.7 Å². The molecule has 0 saturated heterocycles. The molecule has 2 unspecified atom stereocenters. The monoisotopic (exact) mass is 415 g/mol. The first-order valence-corrected chi connectivity index (χ1v) is 11.7. The van der Waals surface area contributed by atoms with E-state index in [1.165, 1.54) is 47.7 Å². The Morgan fingerprint density at radius 3 is 2.52 bits per heavy atom. The predicted molar refractivity (Wildman–Crippen MR) is 129 cm³/mol. The minimum Gasteiger partial charge on any atom is -0.466 e. The first-order chi connectivity index (χ1) is 15.2. The number of hydrogen-bond acceptors (Lipinski definition) is 3. The maximum Gasteiger partial charge on any atom is 0.310 e. The summed E-state index contributed by atoms with van der Waals surface area (Å²) < 4.78 is 5.07. The van der Waals surface area contributed by atoms with Gasteiger partial charge in [-0.05, 0) is 61.6 Å². The van der Waals surface area contributed by atoms with Gasteiger partial charge in [-0.2, -0.15) is 0 Å². The summed E-state index contributed by atoms with van der Waals surface area (Å²) in [4.78, 5) is 14.4. The van der Waals surface area contributed by atoms with E-state index in [4.69, 9.17) is 4.74 Å². The molecule has 0 aliphatic heterocycles. The summed E-state index contributed by atoms with van der Waals surface area (Å²) in [6, 6.07) is 24.5. The van der Waals surface area contributed by atoms with Crippen molar-refractivity contribution in [3.8, 4) is 0 Å². The van der Waals surface area contributed by atoms with Gasteiger partial charge in [0, 0.05) is 23.7 Å². The first-order valence-electron chi connectivity index (χ1n) is 11.7. The number of nitrogens with zero attached hydrogens (tertiary/aromatic N) is 1. The van der Waals surface area contributed by atoms with Gasteiger partial charge < -0.3 is 9.64 Å². The van der Waals surface area contributed by atoms with E-state index >= 15 is 0 Å². The minimum atomic E-state index is -0.151. The van der Waals surface area contributed by atoms with Crippen molar-refractivity contribution in [3.63, 3.8) is 0 Å². The van der Waals surface area contributed by atoms with Crippen LogP contribution in [0.25, 0.3) is 10.8 Å². The van der Waals surface area contributed by atoms with Crippen LogP contribution in [-0.4, -0.2) is 25.2 Å². The molecule has 3 nitrogen and oxygen atoms in total. The lowest BCUT2D eigenvalue weighted by Crippen LogP contribution is -2.38. The van der Waals surface area contributed by atoms with Gasteiger partial charge >= 0.3 is 5.97 Å². The Morgan fingerprint density at radius 2 is 1.74 bits per heavy atom. The molecule has 0 N–H and O–H groups in total. The molecule has 1 fully saturated rings. The number of ether oxygens (including phenoxy) is 1. The van der Waals surface area contributed by atoms with Crippen LogP contribution in [-0.2, 0) is 16.0 Å². The van der Waals surface area contributed by atoms with Crippen LogP contribution in [0.5, 0.6) is 0 Å². The van der Waals surface area contributed by atoms with Gasteiger partial charge in [0.25, 0.3) is 0 Å². The largest absolute Gasteiger partial charge is 0.466 e. The fraction of sp³-hybridized carbons (Fsp3) is 0.393. The highest BCUT2D eigenvalue weighted by molar-refractivity contribution is 5.94. The number of fused-ring (bicyclic) bond motifs is 1. The highest BCUT2D eigenvalue weighted by Gasteiger charge is 2.28. The Labute approximate surface area is 186 Å². The van der Waals surface area contributed by atoms with Crippen molar-refractivity contribution in [1.82, 2.24) is 0 Å². The van der Waals surface area contributed by atoms with Gasteiger partial charge in [-0.1, -0.05) is 67.1 Å². The van der Waals surface area contributed by atoms with Crippen molar-refractivity contribution in [2.75, 3.05) is 18.1 Å². The van der Waals surface area contributed by atoms with E-state index in [1.807, 2.05) is 6.92 Å². The maximum atomic E-state index is 11.8. The number of rotatable bonds is 7. The Balaban J connectivity index is 1.50. The zero-order chi connectivity index (χ0) is 21.6. The van der Waals surface area contributed by atoms with Crippen LogP contribution >= 0.6 is 0 Å². The van der Waals surface area contributed by atoms with E-state index in [9.17, 15) is 4.79 Å². The summed E-state index contributed by atoms with van der Waals surface area (Å²) >= 11 is 0. The molecule has 2 atom stereocenters. The SMILES string of the molecule is CCOC(=O)Cc1ccc(C2CCCC(N(CC)c3cccc4ccccc34)C2)cc1. The molecule has 0 heterocycles. The third-order valence-corrected chi connectivity index (χ3v) is 6.61. The van der Waals surface area contributed by atoms with Gasteiger partial charge in [-0.25, -0.2) is 0 Å². The first kappa shape index (κ1) is 21.4. The molecule has 3 aromatic carbocycles. The number of hydrogen-bond donors (Lipinski definition) is 0. The van der Waals surface area contributed by atoms with Gasteiger partial charge in [0.05, 0.1) is 13.0 Å². The van der Waals surface area contributed by atoms with Gasteiger partial charge in [0.15, 0.2) is 0 Å². The van der Waals surface area contributed by atoms with E-state index in [-0.39, 0.29) is 5.97 Å². The molecule has 3 aromatic rings. The molecule has 1 saturated carbocycles. The lowest BCUT2D eigenvalue weighted by molar-refractivity contribution is -0.142. The molecule has 3 heteroatoms. The number of carbonyl (C=O) groups excluding carboxylic acids is 1. The Kier molecular flexibility index (Phi) is 6.91. The van der Waals surface area contributed by atoms with Crippen molar-refractivity contribution >= 4 is 22.4 Å². The van der Waals surface area contributed by atoms with Gasteiger partial charge in [0.1, 0.15) is 0 Å². The molecule has 31 heavy (non-hydrogen) atoms. The summed E-state index contributed by atoms with van der Waals surface area (Å²) in [5.41, 5.74) is 3.78. The van der Waals surface area contributed by atoms with Crippen LogP contribution in [0.1, 0.15) is 56.6 Å². The number of anilines is 1. The third-order valence-electron chi connectivity index (χ3n) is 6.61. The van der Waals surface area contributed by atoms with Crippen LogP contribution < -0.4 is 4.90 Å². The standard InChI is InChI=1S/C28H33NO2/c1-3-29(27-14-8-10-23-9-5-6-13-26(23)27)25-12-7-11-24(20-25)22-17-15-21(16-18-22)19-28(30)31-4-2/h5-6,8-10,13-18,24-25H,3-4,7,11-12,19-20H2,1-2H3. The Bertz CT molecular complexity index is 1010. The van der Waals surface area contributed by atoms with Crippen molar-refractivity contribution in [3.05, 3.63) is 77.9 Å². The fourth-order valence-corrected chi connectivity index (χ4v) is 5.12. The average molecular weight is 416 g/mol. The quantitative estimate of drug-likeness (QED) is 0.413. The molecule has 0 spiro atoms. The molecule has 0 amide bonds. The average Bonchev–Trinajstić information content (AvgIpc) is 2.81. The zero-order valence-corrected chi connectivity index (χ0v) is 18.7. The highest BCUT2D eigenvalue weighted by Crippen LogP contribution is 2.38. The Morgan fingerprint density at radius 1 is 0.968 bits per heavy atom. The van der Waals surface area contributed by atoms with E-state index in [0.29, 0.717) is 25.0 Å². The molecular weight excluding hydrogens is 382 g/mol. The second-order valence-corrected chi connectivity index (χ2v) is 8.53. The predicted octanol–water partition coefficient (Wildman–Crippen LogP) is 6.50. The minimum absolute atomic E-state index is 0.151. The highest BCUT2D eigenvalue weighted by atomic mass is 16.5. The van der Waals surface area contributed by atoms with E-state index in [2.05, 4.69) is 78.6 Å². The molecule has 1 aliphatic carbocycles. The fourth-order valence-electron chi connectivity index (χ4n) is 5.12. The lowest BCUT2D eigenvalue weighted by Gasteiger charge is -2.39. The normalized spacial score (nSPS) is 18.6. The van der Waals surface area contributed by atoms with E-state index in [0.717, 1.165) is 12.1 Å². The Hall–Kier alpha value is -2.81. The van der Waals surface area contributed by atoms with Crippen LogP contribution in [0.2, 0.25) is 0 Å². The van der Waals surface area contributed by atoms with Crippen LogP contribution in [0.3, 0.4) is 0 Å². The molecule has 162 valence electrons. The number of esters is 1. The summed E-state index contributed by atoms with van der Waals surface area (Å²) in [5, 5.41) is 2.65. The number of carbonyl (C=O) groups is 1. The third kappa shape index (κ3) is 4.92. The summed E-state index contributed by atoms with van der Waals surface area (Å²) in [6.07, 6.45) is 5.26. The van der Waals surface area contributed by atoms with Crippen molar-refractivity contribution in [2.24, 2.45) is 0 Å². The van der Waals surface area contributed by atoms with Gasteiger partial charge in [-0.3, -0.25) is 4.79 Å². The second kappa shape index (κ2) is 10.00. The molecule has 0 radical (unpaired) electrons. The zero-order valence-electron chi connectivity index (χ0n) is 18.7. The maximum absolute atomic E-state index is 11.8. The molecular formula is C28H33NO2. The molecule has 0 aromatic heterocycles. The van der Waals surface area contributed by atoms with Gasteiger partial charge in [-0.15, -0.1) is 0 Å². The summed E-state index contributed by atoms with van der Waals surface area (Å²) in [5.74, 6) is 0.418. The van der Waals surface area contributed by atoms with E-state index < -0.39 is 0 Å². The molecule has 4 rings (SSSR count). The smallest absolute Gasteiger partial charge is 0.310 e. The van der Waals surface area contributed by atoms with Crippen LogP contribution in [0, 0.1) is 0 Å². The topological polar surface area (TPSA) is 29.5 Å². The number of benzene rings is 3. The van der Waals surface area contributed by atoms with Gasteiger partial charge in [0.2, 0.25) is 0 Å². The van der Waals surface area contributed by atoms with Crippen molar-refractivity contribution in [2.45, 2.75) is 57.9 Å². The molecule has 1 aliphatic rings. The lowest BCUT2D eigenvalue weighted by atomic mass is 9.80. The van der Waals surface area contributed by atoms with Crippen LogP contribution in [0.4, 0.5) is 5.69 Å². The van der Waals surface area contributed by atoms with Crippen molar-refractivity contribution in [1.29, 1.82) is 0 Å². The summed E-state index contributed by atoms with van der Waals surface area (Å²) in [6.45, 7) is 5.57. The van der Waals surface area contributed by atoms with E-state index in [1.54, 1.807) is 0 Å². The summed E-state index contributed by atoms with van der Waals surface area (Å²) in [7, 11) is 0. The second-order valence-electron chi connectivity index (χ2n) is 8.53.